The Bertz CT molecular complexity index is 203. The predicted molar refractivity (Wildman–Crippen MR) is 53.1 cm³/mol. The lowest BCUT2D eigenvalue weighted by Crippen LogP contribution is -2.18. The first-order valence-corrected chi connectivity index (χ1v) is 6.50. The van der Waals surface area contributed by atoms with Crippen molar-refractivity contribution in [2.45, 2.75) is 13.3 Å². The van der Waals surface area contributed by atoms with Gasteiger partial charge in [-0.1, -0.05) is 0 Å². The Morgan fingerprint density at radius 3 is 2.67 bits per heavy atom. The lowest BCUT2D eigenvalue weighted by molar-refractivity contribution is -0.142. The van der Waals surface area contributed by atoms with Crippen LogP contribution in [0, 0.1) is 0 Å². The number of hydrogen-bond donors (Lipinski definition) is 1. The summed E-state index contributed by atoms with van der Waals surface area (Å²) in [6, 6.07) is 0. The minimum Gasteiger partial charge on any atom is -0.463 e. The minimum atomic E-state index is -2.79. The van der Waals surface area contributed by atoms with Crippen molar-refractivity contribution in [3.05, 3.63) is 0 Å². The highest BCUT2D eigenvalue weighted by molar-refractivity contribution is 7.60. The van der Waals surface area contributed by atoms with E-state index in [9.17, 15) is 9.69 Å². The molecule has 0 spiro atoms. The largest absolute Gasteiger partial charge is 0.463 e. The van der Waals surface area contributed by atoms with Gasteiger partial charge in [0.1, 0.15) is 6.61 Å². The summed E-state index contributed by atoms with van der Waals surface area (Å²) in [5.74, 6) is -0.350. The first kappa shape index (κ1) is 12.8. The van der Waals surface area contributed by atoms with Crippen LogP contribution < -0.4 is 0 Å². The van der Waals surface area contributed by atoms with Gasteiger partial charge >= 0.3 is 13.9 Å². The smallest absolute Gasteiger partial charge is 0.436 e. The molecule has 0 aromatic heterocycles. The molecule has 1 aliphatic heterocycles. The summed E-state index contributed by atoms with van der Waals surface area (Å²) >= 11 is 0. The minimum absolute atomic E-state index is 0.0221. The fourth-order valence-corrected chi connectivity index (χ4v) is 2.42. The predicted octanol–water partition coefficient (Wildman–Crippen LogP) is 0.715. The molecule has 1 N–H and O–H groups in total. The normalized spacial score (nSPS) is 19.9. The molecule has 0 aromatic rings. The van der Waals surface area contributed by atoms with E-state index in [2.05, 4.69) is 4.74 Å². The van der Waals surface area contributed by atoms with E-state index in [1.54, 1.807) is 0 Å². The maximum absolute atomic E-state index is 10.4. The maximum atomic E-state index is 10.4. The van der Waals surface area contributed by atoms with Crippen LogP contribution in [0.15, 0.2) is 0 Å². The monoisotopic (exact) mass is 239 g/mol. The van der Waals surface area contributed by atoms with E-state index in [1.165, 1.54) is 6.92 Å². The zero-order chi connectivity index (χ0) is 11.1. The highest BCUT2D eigenvalue weighted by Crippen LogP contribution is 2.58. The van der Waals surface area contributed by atoms with E-state index in [0.717, 1.165) is 6.42 Å². The van der Waals surface area contributed by atoms with E-state index in [1.807, 2.05) is 0 Å². The van der Waals surface area contributed by atoms with Crippen LogP contribution in [-0.2, 0) is 23.3 Å². The Kier molecular flexibility index (Phi) is 5.42. The van der Waals surface area contributed by atoms with Crippen LogP contribution in [-0.4, -0.2) is 43.6 Å². The van der Waals surface area contributed by atoms with Gasteiger partial charge in [-0.3, -0.25) is 4.79 Å². The molecule has 1 fully saturated rings. The van der Waals surface area contributed by atoms with Gasteiger partial charge in [-0.05, 0) is 0 Å². The molecule has 0 unspecified atom stereocenters. The lowest BCUT2D eigenvalue weighted by atomic mass is 10.5. The third kappa shape index (κ3) is 5.39. The molecule has 0 atom stereocenters. The second-order valence-electron chi connectivity index (χ2n) is 3.03. The van der Waals surface area contributed by atoms with Gasteiger partial charge in [-0.25, -0.2) is 0 Å². The van der Waals surface area contributed by atoms with Crippen LogP contribution >= 0.6 is 7.94 Å². The second kappa shape index (κ2) is 6.35. The third-order valence-corrected chi connectivity index (χ3v) is 3.34. The SMILES string of the molecule is CC(=O)OCCOC[P+]1(O)OCCCO1. The zero-order valence-corrected chi connectivity index (χ0v) is 9.57. The quantitative estimate of drug-likeness (QED) is 0.433. The molecule has 0 aromatic carbocycles. The van der Waals surface area contributed by atoms with Crippen molar-refractivity contribution >= 4 is 13.9 Å². The lowest BCUT2D eigenvalue weighted by Gasteiger charge is -2.20. The van der Waals surface area contributed by atoms with Gasteiger partial charge in [0.15, 0.2) is 0 Å². The Hall–Kier alpha value is -0.260. The molecule has 1 saturated heterocycles. The maximum Gasteiger partial charge on any atom is 0.436 e. The van der Waals surface area contributed by atoms with Crippen molar-refractivity contribution in [3.8, 4) is 0 Å². The van der Waals surface area contributed by atoms with Crippen molar-refractivity contribution in [2.75, 3.05) is 32.8 Å². The van der Waals surface area contributed by atoms with Crippen LogP contribution in [0.3, 0.4) is 0 Å². The number of esters is 1. The average molecular weight is 239 g/mol. The summed E-state index contributed by atoms with van der Waals surface area (Å²) in [5, 5.41) is 0. The summed E-state index contributed by atoms with van der Waals surface area (Å²) in [5.41, 5.74) is 0. The van der Waals surface area contributed by atoms with Crippen molar-refractivity contribution < 1.29 is 28.2 Å². The summed E-state index contributed by atoms with van der Waals surface area (Å²) in [4.78, 5) is 20.1. The third-order valence-electron chi connectivity index (χ3n) is 1.66. The first-order chi connectivity index (χ1) is 7.12. The molecule has 15 heavy (non-hydrogen) atoms. The Labute approximate surface area is 89.0 Å². The molecule has 7 heteroatoms. The van der Waals surface area contributed by atoms with Crippen LogP contribution in [0.2, 0.25) is 0 Å². The van der Waals surface area contributed by atoms with Gasteiger partial charge in [0.25, 0.3) is 0 Å². The highest BCUT2D eigenvalue weighted by atomic mass is 31.2. The molecule has 1 heterocycles. The van der Waals surface area contributed by atoms with Gasteiger partial charge in [0.05, 0.1) is 19.8 Å². The van der Waals surface area contributed by atoms with Gasteiger partial charge in [0.2, 0.25) is 6.35 Å². The van der Waals surface area contributed by atoms with E-state index in [-0.39, 0.29) is 25.5 Å². The van der Waals surface area contributed by atoms with Gasteiger partial charge in [-0.2, -0.15) is 13.9 Å². The Morgan fingerprint density at radius 2 is 2.07 bits per heavy atom. The van der Waals surface area contributed by atoms with E-state index in [4.69, 9.17) is 13.8 Å². The number of hydrogen-bond acceptors (Lipinski definition) is 6. The molecule has 88 valence electrons. The van der Waals surface area contributed by atoms with E-state index in [0.29, 0.717) is 13.2 Å². The number of carbonyl (C=O) groups is 1. The average Bonchev–Trinajstić information content (AvgIpc) is 2.17. The molecule has 6 nitrogen and oxygen atoms in total. The van der Waals surface area contributed by atoms with Crippen molar-refractivity contribution in [2.24, 2.45) is 0 Å². The van der Waals surface area contributed by atoms with Crippen LogP contribution in [0.5, 0.6) is 0 Å². The van der Waals surface area contributed by atoms with Crippen molar-refractivity contribution in [1.82, 2.24) is 0 Å². The fraction of sp³-hybridized carbons (Fsp3) is 0.875. The molecule has 0 radical (unpaired) electrons. The first-order valence-electron chi connectivity index (χ1n) is 4.73. The van der Waals surface area contributed by atoms with E-state index < -0.39 is 7.94 Å². The van der Waals surface area contributed by atoms with Crippen molar-refractivity contribution in [3.63, 3.8) is 0 Å². The summed E-state index contributed by atoms with van der Waals surface area (Å²) in [6.45, 7) is 2.73. The molecule has 0 bridgehead atoms. The van der Waals surface area contributed by atoms with Crippen LogP contribution in [0.4, 0.5) is 0 Å². The Morgan fingerprint density at radius 1 is 1.40 bits per heavy atom. The molecule has 1 rings (SSSR count). The highest BCUT2D eigenvalue weighted by Gasteiger charge is 2.43. The standard InChI is InChI=1S/C8H16O6P/c1-8(9)12-6-5-11-7-15(10)13-3-2-4-14-15/h10H,2-7H2,1H3/q+1. The molecule has 0 saturated carbocycles. The van der Waals surface area contributed by atoms with Crippen LogP contribution in [0.25, 0.3) is 0 Å². The summed E-state index contributed by atoms with van der Waals surface area (Å²) in [7, 11) is -2.79. The molecular formula is C8H16O6P+. The number of rotatable bonds is 5. The number of ether oxygens (including phenoxy) is 2. The molecule has 0 aliphatic carbocycles. The zero-order valence-electron chi connectivity index (χ0n) is 8.68. The van der Waals surface area contributed by atoms with E-state index >= 15 is 0 Å². The second-order valence-corrected chi connectivity index (χ2v) is 5.08. The molecule has 0 amide bonds. The topological polar surface area (TPSA) is 74.2 Å². The fourth-order valence-electron chi connectivity index (χ4n) is 1.01. The molecule has 1 aliphatic rings. The Balaban J connectivity index is 2.05. The van der Waals surface area contributed by atoms with Crippen molar-refractivity contribution in [1.29, 1.82) is 0 Å². The number of carbonyl (C=O) groups excluding carboxylic acids is 1. The molecular weight excluding hydrogens is 223 g/mol. The summed E-state index contributed by atoms with van der Waals surface area (Å²) < 4.78 is 20.0. The summed E-state index contributed by atoms with van der Waals surface area (Å²) in [6.07, 6.45) is 0.810. The van der Waals surface area contributed by atoms with Gasteiger partial charge in [-0.15, -0.1) is 0 Å². The van der Waals surface area contributed by atoms with Gasteiger partial charge in [0, 0.05) is 13.3 Å². The van der Waals surface area contributed by atoms with Crippen LogP contribution in [0.1, 0.15) is 13.3 Å². The van der Waals surface area contributed by atoms with Gasteiger partial charge < -0.3 is 9.47 Å².